The van der Waals surface area contributed by atoms with E-state index in [0.717, 1.165) is 19.4 Å². The van der Waals surface area contributed by atoms with Crippen molar-refractivity contribution in [2.45, 2.75) is 25.3 Å². The Kier molecular flexibility index (Phi) is 7.86. The van der Waals surface area contributed by atoms with Gasteiger partial charge in [0.25, 0.3) is 0 Å². The van der Waals surface area contributed by atoms with Crippen LogP contribution in [0.15, 0.2) is 0 Å². The summed E-state index contributed by atoms with van der Waals surface area (Å²) < 4.78 is 36.0. The molecule has 0 aromatic carbocycles. The van der Waals surface area contributed by atoms with Crippen LogP contribution in [0.5, 0.6) is 0 Å². The predicted octanol–water partition coefficient (Wildman–Crippen LogP) is 0.0531. The minimum absolute atomic E-state index is 0.136. The predicted molar refractivity (Wildman–Crippen MR) is 74.8 cm³/mol. The Morgan fingerprint density at radius 1 is 1.26 bits per heavy atom. The molecule has 0 bridgehead atoms. The number of sulfonamides is 1. The average Bonchev–Trinajstić information content (AvgIpc) is 2.87. The van der Waals surface area contributed by atoms with Crippen molar-refractivity contribution in [1.82, 2.24) is 9.62 Å². The molecule has 0 spiro atoms. The molecule has 19 heavy (non-hydrogen) atoms. The van der Waals surface area contributed by atoms with Gasteiger partial charge in [-0.15, -0.1) is 0 Å². The third-order valence-electron chi connectivity index (χ3n) is 3.28. The van der Waals surface area contributed by atoms with Crippen molar-refractivity contribution in [3.05, 3.63) is 0 Å². The largest absolute Gasteiger partial charge is 0.385 e. The molecule has 1 rings (SSSR count). The van der Waals surface area contributed by atoms with Gasteiger partial charge in [-0.05, 0) is 25.8 Å². The van der Waals surface area contributed by atoms with Crippen LogP contribution >= 0.6 is 0 Å². The lowest BCUT2D eigenvalue weighted by Crippen LogP contribution is -2.43. The van der Waals surface area contributed by atoms with Crippen LogP contribution in [0, 0.1) is 0 Å². The number of nitrogens with one attached hydrogen (secondary N) is 1. The summed E-state index contributed by atoms with van der Waals surface area (Å²) in [6.45, 7) is 2.84. The van der Waals surface area contributed by atoms with Gasteiger partial charge < -0.3 is 14.8 Å². The normalized spacial score (nSPS) is 20.3. The van der Waals surface area contributed by atoms with Gasteiger partial charge in [-0.2, -0.15) is 4.31 Å². The molecule has 1 aliphatic heterocycles. The molecule has 1 aliphatic rings. The minimum Gasteiger partial charge on any atom is -0.385 e. The zero-order valence-corrected chi connectivity index (χ0v) is 12.7. The van der Waals surface area contributed by atoms with Crippen molar-refractivity contribution in [2.24, 2.45) is 0 Å². The number of nitrogens with zero attached hydrogens (tertiary/aromatic N) is 1. The molecule has 6 nitrogen and oxygen atoms in total. The third-order valence-corrected chi connectivity index (χ3v) is 5.20. The standard InChI is InChI=1S/C12H26N2O4S/c1-17-8-4-10-19(15,16)14(7-9-18-2)11-12-5-3-6-13-12/h12-13H,3-11H2,1-2H3. The van der Waals surface area contributed by atoms with Crippen molar-refractivity contribution in [3.8, 4) is 0 Å². The van der Waals surface area contributed by atoms with E-state index >= 15 is 0 Å². The highest BCUT2D eigenvalue weighted by Crippen LogP contribution is 2.11. The fraction of sp³-hybridized carbons (Fsp3) is 1.00. The molecule has 1 saturated heterocycles. The number of hydrogen-bond acceptors (Lipinski definition) is 5. The first-order chi connectivity index (χ1) is 9.10. The first-order valence-corrected chi connectivity index (χ1v) is 8.40. The van der Waals surface area contributed by atoms with E-state index in [0.29, 0.717) is 32.7 Å². The van der Waals surface area contributed by atoms with E-state index in [1.165, 1.54) is 0 Å². The molecule has 114 valence electrons. The van der Waals surface area contributed by atoms with Gasteiger partial charge in [-0.3, -0.25) is 0 Å². The van der Waals surface area contributed by atoms with Crippen molar-refractivity contribution in [3.63, 3.8) is 0 Å². The zero-order valence-electron chi connectivity index (χ0n) is 11.9. The molecule has 1 fully saturated rings. The second kappa shape index (κ2) is 8.86. The molecule has 0 aliphatic carbocycles. The van der Waals surface area contributed by atoms with E-state index in [2.05, 4.69) is 5.32 Å². The Balaban J connectivity index is 2.54. The van der Waals surface area contributed by atoms with Crippen molar-refractivity contribution >= 4 is 10.0 Å². The van der Waals surface area contributed by atoms with Crippen LogP contribution in [0.25, 0.3) is 0 Å². The smallest absolute Gasteiger partial charge is 0.214 e. The lowest BCUT2D eigenvalue weighted by atomic mass is 10.2. The summed E-state index contributed by atoms with van der Waals surface area (Å²) >= 11 is 0. The lowest BCUT2D eigenvalue weighted by Gasteiger charge is -2.25. The van der Waals surface area contributed by atoms with Gasteiger partial charge in [-0.1, -0.05) is 0 Å². The van der Waals surface area contributed by atoms with Crippen LogP contribution in [0.2, 0.25) is 0 Å². The van der Waals surface area contributed by atoms with Crippen LogP contribution in [0.3, 0.4) is 0 Å². The van der Waals surface area contributed by atoms with E-state index in [9.17, 15) is 8.42 Å². The van der Waals surface area contributed by atoms with Gasteiger partial charge in [0, 0.05) is 40.0 Å². The Labute approximate surface area is 116 Å². The second-order valence-corrected chi connectivity index (χ2v) is 6.89. The zero-order chi connectivity index (χ0) is 14.1. The van der Waals surface area contributed by atoms with Gasteiger partial charge in [-0.25, -0.2) is 8.42 Å². The van der Waals surface area contributed by atoms with Crippen LogP contribution in [0.1, 0.15) is 19.3 Å². The molecule has 7 heteroatoms. The molecule has 0 amide bonds. The summed E-state index contributed by atoms with van der Waals surface area (Å²) in [6, 6.07) is 0.272. The van der Waals surface area contributed by atoms with Gasteiger partial charge in [0.05, 0.1) is 12.4 Å². The minimum atomic E-state index is -3.22. The van der Waals surface area contributed by atoms with E-state index in [1.807, 2.05) is 0 Å². The van der Waals surface area contributed by atoms with E-state index in [1.54, 1.807) is 18.5 Å². The van der Waals surface area contributed by atoms with Crippen molar-refractivity contribution in [2.75, 3.05) is 52.8 Å². The number of ether oxygens (including phenoxy) is 2. The number of hydrogen-bond donors (Lipinski definition) is 1. The molecule has 0 radical (unpaired) electrons. The molecular formula is C12H26N2O4S. The maximum Gasteiger partial charge on any atom is 0.214 e. The maximum atomic E-state index is 12.3. The summed E-state index contributed by atoms with van der Waals surface area (Å²) in [7, 11) is -0.0530. The fourth-order valence-electron chi connectivity index (χ4n) is 2.21. The SMILES string of the molecule is COCCCS(=O)(=O)N(CCOC)CC1CCCN1. The molecule has 0 aromatic rings. The molecule has 1 N–H and O–H groups in total. The van der Waals surface area contributed by atoms with Crippen molar-refractivity contribution < 1.29 is 17.9 Å². The molecular weight excluding hydrogens is 268 g/mol. The Hall–Kier alpha value is -0.210. The first kappa shape index (κ1) is 16.8. The van der Waals surface area contributed by atoms with Crippen LogP contribution in [-0.4, -0.2) is 71.6 Å². The average molecular weight is 294 g/mol. The van der Waals surface area contributed by atoms with Crippen LogP contribution < -0.4 is 5.32 Å². The summed E-state index contributed by atoms with van der Waals surface area (Å²) in [5.41, 5.74) is 0. The summed E-state index contributed by atoms with van der Waals surface area (Å²) in [5, 5.41) is 3.33. The van der Waals surface area contributed by atoms with Crippen LogP contribution in [0.4, 0.5) is 0 Å². The maximum absolute atomic E-state index is 12.3. The van der Waals surface area contributed by atoms with E-state index in [-0.39, 0.29) is 11.8 Å². The highest BCUT2D eigenvalue weighted by atomic mass is 32.2. The van der Waals surface area contributed by atoms with Crippen LogP contribution in [-0.2, 0) is 19.5 Å². The molecule has 1 heterocycles. The molecule has 0 aromatic heterocycles. The molecule has 0 saturated carbocycles. The van der Waals surface area contributed by atoms with Crippen molar-refractivity contribution in [1.29, 1.82) is 0 Å². The third kappa shape index (κ3) is 6.18. The fourth-order valence-corrected chi connectivity index (χ4v) is 3.71. The molecule has 1 atom stereocenters. The van der Waals surface area contributed by atoms with Gasteiger partial charge in [0.15, 0.2) is 0 Å². The number of methoxy groups -OCH3 is 2. The van der Waals surface area contributed by atoms with E-state index < -0.39 is 10.0 Å². The number of rotatable bonds is 10. The Morgan fingerprint density at radius 3 is 2.58 bits per heavy atom. The first-order valence-electron chi connectivity index (χ1n) is 6.79. The van der Waals surface area contributed by atoms with Gasteiger partial charge in [0.2, 0.25) is 10.0 Å². The summed E-state index contributed by atoms with van der Waals surface area (Å²) in [4.78, 5) is 0. The highest BCUT2D eigenvalue weighted by Gasteiger charge is 2.26. The highest BCUT2D eigenvalue weighted by molar-refractivity contribution is 7.89. The quantitative estimate of drug-likeness (QED) is 0.577. The topological polar surface area (TPSA) is 67.9 Å². The Bertz CT molecular complexity index is 329. The summed E-state index contributed by atoms with van der Waals surface area (Å²) in [5.74, 6) is 0.136. The van der Waals surface area contributed by atoms with Gasteiger partial charge in [0.1, 0.15) is 0 Å². The van der Waals surface area contributed by atoms with Gasteiger partial charge >= 0.3 is 0 Å². The Morgan fingerprint density at radius 2 is 2.00 bits per heavy atom. The van der Waals surface area contributed by atoms with E-state index in [4.69, 9.17) is 9.47 Å². The lowest BCUT2D eigenvalue weighted by molar-refractivity contribution is 0.175. The monoisotopic (exact) mass is 294 g/mol. The molecule has 1 unspecified atom stereocenters. The second-order valence-electron chi connectivity index (χ2n) is 4.81. The summed E-state index contributed by atoms with van der Waals surface area (Å²) in [6.07, 6.45) is 2.68.